The van der Waals surface area contributed by atoms with Crippen LogP contribution >= 0.6 is 0 Å². The van der Waals surface area contributed by atoms with Crippen LogP contribution in [0, 0.1) is 11.8 Å². The molecule has 0 aromatic carbocycles. The Kier molecular flexibility index (Phi) is 3.29. The highest BCUT2D eigenvalue weighted by atomic mass is 16.4. The first-order valence-corrected chi connectivity index (χ1v) is 6.16. The third-order valence-electron chi connectivity index (χ3n) is 3.83. The summed E-state index contributed by atoms with van der Waals surface area (Å²) in [6, 6.07) is 0.740. The Hall–Kier alpha value is -0.570. The molecular weight excluding hydrogens is 190 g/mol. The number of hydrogen-bond acceptors (Lipinski definition) is 2. The lowest BCUT2D eigenvalue weighted by Gasteiger charge is -2.26. The van der Waals surface area contributed by atoms with Crippen molar-refractivity contribution in [1.29, 1.82) is 0 Å². The highest BCUT2D eigenvalue weighted by Crippen LogP contribution is 2.38. The van der Waals surface area contributed by atoms with Gasteiger partial charge in [-0.3, -0.25) is 9.69 Å². The Morgan fingerprint density at radius 1 is 1.47 bits per heavy atom. The average molecular weight is 211 g/mol. The first-order valence-electron chi connectivity index (χ1n) is 6.16. The second kappa shape index (κ2) is 4.52. The smallest absolute Gasteiger partial charge is 0.303 e. The molecule has 1 saturated carbocycles. The number of nitrogens with zero attached hydrogens (tertiary/aromatic N) is 1. The zero-order chi connectivity index (χ0) is 10.8. The highest BCUT2D eigenvalue weighted by Gasteiger charge is 2.37. The fraction of sp³-hybridized carbons (Fsp3) is 0.917. The lowest BCUT2D eigenvalue weighted by Crippen LogP contribution is -2.34. The third kappa shape index (κ3) is 2.71. The molecule has 0 aromatic heterocycles. The van der Waals surface area contributed by atoms with Gasteiger partial charge in [0.25, 0.3) is 0 Å². The maximum absolute atomic E-state index is 10.6. The Labute approximate surface area is 91.5 Å². The molecule has 86 valence electrons. The van der Waals surface area contributed by atoms with Crippen LogP contribution in [0.2, 0.25) is 0 Å². The van der Waals surface area contributed by atoms with Crippen LogP contribution in [0.25, 0.3) is 0 Å². The van der Waals surface area contributed by atoms with Crippen molar-refractivity contribution in [3.8, 4) is 0 Å². The number of carbonyl (C=O) groups is 1. The van der Waals surface area contributed by atoms with E-state index in [4.69, 9.17) is 5.11 Å². The van der Waals surface area contributed by atoms with Crippen LogP contribution in [0.5, 0.6) is 0 Å². The van der Waals surface area contributed by atoms with E-state index >= 15 is 0 Å². The van der Waals surface area contributed by atoms with Gasteiger partial charge in [0, 0.05) is 19.0 Å². The van der Waals surface area contributed by atoms with Gasteiger partial charge in [-0.1, -0.05) is 6.92 Å². The van der Waals surface area contributed by atoms with Crippen molar-refractivity contribution in [3.63, 3.8) is 0 Å². The van der Waals surface area contributed by atoms with Crippen molar-refractivity contribution in [2.75, 3.05) is 13.1 Å². The molecule has 0 bridgehead atoms. The normalized spacial score (nSPS) is 29.3. The van der Waals surface area contributed by atoms with E-state index in [0.29, 0.717) is 12.3 Å². The summed E-state index contributed by atoms with van der Waals surface area (Å²) >= 11 is 0. The van der Waals surface area contributed by atoms with Crippen LogP contribution < -0.4 is 0 Å². The van der Waals surface area contributed by atoms with Crippen LogP contribution in [-0.4, -0.2) is 35.1 Å². The minimum atomic E-state index is -0.638. The fourth-order valence-electron chi connectivity index (χ4n) is 2.95. The van der Waals surface area contributed by atoms with Crippen LogP contribution in [0.4, 0.5) is 0 Å². The van der Waals surface area contributed by atoms with Crippen molar-refractivity contribution in [2.24, 2.45) is 11.8 Å². The molecule has 2 fully saturated rings. The molecular formula is C12H21NO2. The summed E-state index contributed by atoms with van der Waals surface area (Å²) in [5.41, 5.74) is 0. The molecule has 2 unspecified atom stereocenters. The molecule has 3 heteroatoms. The van der Waals surface area contributed by atoms with Crippen LogP contribution in [0.1, 0.15) is 39.0 Å². The molecule has 0 amide bonds. The molecule has 0 spiro atoms. The number of aliphatic carboxylic acids is 1. The highest BCUT2D eigenvalue weighted by molar-refractivity contribution is 5.67. The summed E-state index contributed by atoms with van der Waals surface area (Å²) < 4.78 is 0. The minimum absolute atomic E-state index is 0.359. The van der Waals surface area contributed by atoms with Gasteiger partial charge in [-0.2, -0.15) is 0 Å². The van der Waals surface area contributed by atoms with Crippen LogP contribution in [-0.2, 0) is 4.79 Å². The second-order valence-corrected chi connectivity index (χ2v) is 5.06. The molecule has 2 rings (SSSR count). The standard InChI is InChI=1S/C12H21NO2/c1-2-11(10-3-4-10)13-6-5-9(8-13)7-12(14)15/h9-11H,2-8H2,1H3,(H,14,15). The van der Waals surface area contributed by atoms with Gasteiger partial charge in [-0.15, -0.1) is 0 Å². The summed E-state index contributed by atoms with van der Waals surface area (Å²) in [6.07, 6.45) is 5.44. The van der Waals surface area contributed by atoms with Crippen molar-refractivity contribution in [3.05, 3.63) is 0 Å². The van der Waals surface area contributed by atoms with E-state index in [1.807, 2.05) is 0 Å². The Bertz CT molecular complexity index is 238. The van der Waals surface area contributed by atoms with Crippen molar-refractivity contribution in [2.45, 2.75) is 45.1 Å². The Morgan fingerprint density at radius 3 is 2.73 bits per heavy atom. The van der Waals surface area contributed by atoms with Crippen molar-refractivity contribution < 1.29 is 9.90 Å². The molecule has 1 heterocycles. The molecule has 0 radical (unpaired) electrons. The quantitative estimate of drug-likeness (QED) is 0.756. The van der Waals surface area contributed by atoms with Crippen LogP contribution in [0.15, 0.2) is 0 Å². The van der Waals surface area contributed by atoms with E-state index in [2.05, 4.69) is 11.8 Å². The summed E-state index contributed by atoms with van der Waals surface area (Å²) in [7, 11) is 0. The number of rotatable bonds is 5. The van der Waals surface area contributed by atoms with Crippen molar-refractivity contribution in [1.82, 2.24) is 4.90 Å². The number of hydrogen-bond donors (Lipinski definition) is 1. The molecule has 1 saturated heterocycles. The molecule has 0 aromatic rings. The predicted molar refractivity (Wildman–Crippen MR) is 58.7 cm³/mol. The number of carboxylic acids is 1. The summed E-state index contributed by atoms with van der Waals surface area (Å²) in [5, 5.41) is 8.76. The van der Waals surface area contributed by atoms with Gasteiger partial charge in [0.15, 0.2) is 0 Å². The van der Waals surface area contributed by atoms with Crippen LogP contribution in [0.3, 0.4) is 0 Å². The molecule has 1 aliphatic carbocycles. The predicted octanol–water partition coefficient (Wildman–Crippen LogP) is 1.97. The van der Waals surface area contributed by atoms with Gasteiger partial charge < -0.3 is 5.11 Å². The second-order valence-electron chi connectivity index (χ2n) is 5.06. The summed E-state index contributed by atoms with van der Waals surface area (Å²) in [6.45, 7) is 4.39. The lowest BCUT2D eigenvalue weighted by atomic mass is 10.1. The molecule has 3 nitrogen and oxygen atoms in total. The number of likely N-dealkylation sites (tertiary alicyclic amines) is 1. The summed E-state index contributed by atoms with van der Waals surface area (Å²) in [5.74, 6) is 0.676. The van der Waals surface area contributed by atoms with E-state index < -0.39 is 5.97 Å². The monoisotopic (exact) mass is 211 g/mol. The van der Waals surface area contributed by atoms with Gasteiger partial charge in [0.05, 0.1) is 0 Å². The summed E-state index contributed by atoms with van der Waals surface area (Å²) in [4.78, 5) is 13.2. The number of carboxylic acid groups (broad SMARTS) is 1. The lowest BCUT2D eigenvalue weighted by molar-refractivity contribution is -0.138. The third-order valence-corrected chi connectivity index (χ3v) is 3.83. The maximum Gasteiger partial charge on any atom is 0.303 e. The molecule has 2 aliphatic rings. The van der Waals surface area contributed by atoms with Crippen molar-refractivity contribution >= 4 is 5.97 Å². The Balaban J connectivity index is 1.82. The average Bonchev–Trinajstić information content (AvgIpc) is 2.89. The topological polar surface area (TPSA) is 40.5 Å². The molecule has 2 atom stereocenters. The Morgan fingerprint density at radius 2 is 2.20 bits per heavy atom. The van der Waals surface area contributed by atoms with Gasteiger partial charge in [-0.25, -0.2) is 0 Å². The van der Waals surface area contributed by atoms with Gasteiger partial charge >= 0.3 is 5.97 Å². The first kappa shape index (κ1) is 10.9. The van der Waals surface area contributed by atoms with E-state index in [0.717, 1.165) is 31.5 Å². The van der Waals surface area contributed by atoms with E-state index in [-0.39, 0.29) is 0 Å². The van der Waals surface area contributed by atoms with E-state index in [1.54, 1.807) is 0 Å². The fourth-order valence-corrected chi connectivity index (χ4v) is 2.95. The van der Waals surface area contributed by atoms with Gasteiger partial charge in [0.2, 0.25) is 0 Å². The minimum Gasteiger partial charge on any atom is -0.481 e. The molecule has 1 N–H and O–H groups in total. The van der Waals surface area contributed by atoms with Gasteiger partial charge in [-0.05, 0) is 44.1 Å². The molecule has 1 aliphatic heterocycles. The maximum atomic E-state index is 10.6. The zero-order valence-electron chi connectivity index (χ0n) is 9.48. The SMILES string of the molecule is CCC(C1CC1)N1CCC(CC(=O)O)C1. The zero-order valence-corrected chi connectivity index (χ0v) is 9.48. The first-order chi connectivity index (χ1) is 7.20. The molecule has 15 heavy (non-hydrogen) atoms. The van der Waals surface area contributed by atoms with Gasteiger partial charge in [0.1, 0.15) is 0 Å². The van der Waals surface area contributed by atoms with E-state index in [9.17, 15) is 4.79 Å². The largest absolute Gasteiger partial charge is 0.481 e. The van der Waals surface area contributed by atoms with E-state index in [1.165, 1.54) is 19.3 Å².